The zero-order valence-electron chi connectivity index (χ0n) is 12.0. The highest BCUT2D eigenvalue weighted by Gasteiger charge is 2.57. The number of pyridine rings is 1. The molecule has 6 heteroatoms. The summed E-state index contributed by atoms with van der Waals surface area (Å²) in [6, 6.07) is 4.58. The van der Waals surface area contributed by atoms with Crippen molar-refractivity contribution < 1.29 is 0 Å². The second kappa shape index (κ2) is 4.46. The Bertz CT molecular complexity index is 827. The van der Waals surface area contributed by atoms with Crippen molar-refractivity contribution in [1.29, 1.82) is 0 Å². The van der Waals surface area contributed by atoms with Gasteiger partial charge in [0, 0.05) is 24.4 Å². The van der Waals surface area contributed by atoms with E-state index in [1.54, 1.807) is 17.7 Å². The first-order valence-corrected chi connectivity index (χ1v) is 8.46. The third kappa shape index (κ3) is 1.58. The topological polar surface area (TPSA) is 54.8 Å². The summed E-state index contributed by atoms with van der Waals surface area (Å²) in [7, 11) is 0. The summed E-state index contributed by atoms with van der Waals surface area (Å²) in [5.41, 5.74) is 4.47. The number of thiazole rings is 1. The lowest BCUT2D eigenvalue weighted by atomic mass is 9.56. The maximum Gasteiger partial charge on any atom is 0.160 e. The molecule has 2 fully saturated rings. The van der Waals surface area contributed by atoms with Gasteiger partial charge in [0.25, 0.3) is 0 Å². The minimum Gasteiger partial charge on any atom is -0.346 e. The van der Waals surface area contributed by atoms with E-state index in [1.165, 1.54) is 24.8 Å². The largest absolute Gasteiger partial charge is 0.346 e. The Morgan fingerprint density at radius 3 is 2.95 bits per heavy atom. The van der Waals surface area contributed by atoms with E-state index in [0.29, 0.717) is 11.5 Å². The van der Waals surface area contributed by atoms with Gasteiger partial charge in [0.1, 0.15) is 16.7 Å². The van der Waals surface area contributed by atoms with Gasteiger partial charge in [-0.15, -0.1) is 11.3 Å². The molecule has 1 saturated heterocycles. The highest BCUT2D eigenvalue weighted by Crippen LogP contribution is 2.61. The molecule has 0 aromatic carbocycles. The van der Waals surface area contributed by atoms with Crippen LogP contribution in [0.4, 0.5) is 5.82 Å². The second-order valence-corrected chi connectivity index (χ2v) is 7.07. The lowest BCUT2D eigenvalue weighted by Gasteiger charge is -2.63. The van der Waals surface area contributed by atoms with E-state index in [2.05, 4.69) is 30.9 Å². The van der Waals surface area contributed by atoms with Crippen LogP contribution in [-0.2, 0) is 0 Å². The van der Waals surface area contributed by atoms with Crippen molar-refractivity contribution in [3.8, 4) is 0 Å². The van der Waals surface area contributed by atoms with Crippen molar-refractivity contribution in [2.24, 2.45) is 5.41 Å². The molecule has 1 atom stereocenters. The fourth-order valence-electron chi connectivity index (χ4n) is 3.96. The zero-order chi connectivity index (χ0) is 14.6. The molecule has 1 spiro atoms. The number of rotatable bonds is 2. The molecule has 0 radical (unpaired) electrons. The molecule has 0 bridgehead atoms. The predicted octanol–water partition coefficient (Wildman–Crippen LogP) is 3.21. The molecule has 4 heterocycles. The van der Waals surface area contributed by atoms with E-state index in [9.17, 15) is 0 Å². The average Bonchev–Trinajstić information content (AvgIpc) is 2.95. The van der Waals surface area contributed by atoms with E-state index in [4.69, 9.17) is 0 Å². The molecule has 1 aliphatic carbocycles. The van der Waals surface area contributed by atoms with Gasteiger partial charge in [-0.05, 0) is 24.5 Å². The second-order valence-electron chi connectivity index (χ2n) is 6.24. The molecule has 1 unspecified atom stereocenters. The van der Waals surface area contributed by atoms with E-state index >= 15 is 0 Å². The Morgan fingerprint density at radius 1 is 1.23 bits per heavy atom. The maximum atomic E-state index is 4.54. The minimum absolute atomic E-state index is 0.370. The van der Waals surface area contributed by atoms with E-state index in [-0.39, 0.29) is 0 Å². The van der Waals surface area contributed by atoms with Crippen molar-refractivity contribution in [3.05, 3.63) is 41.9 Å². The van der Waals surface area contributed by atoms with Gasteiger partial charge in [0.15, 0.2) is 5.82 Å². The number of nitrogens with zero attached hydrogens (tertiary/aromatic N) is 5. The molecule has 1 saturated carbocycles. The predicted molar refractivity (Wildman–Crippen MR) is 85.8 cm³/mol. The summed E-state index contributed by atoms with van der Waals surface area (Å²) >= 11 is 1.57. The van der Waals surface area contributed by atoms with Crippen LogP contribution < -0.4 is 4.90 Å². The molecule has 1 aliphatic heterocycles. The zero-order valence-corrected chi connectivity index (χ0v) is 12.8. The molecular weight excluding hydrogens is 294 g/mol. The molecule has 5 nitrogen and oxygen atoms in total. The number of aromatic nitrogens is 4. The van der Waals surface area contributed by atoms with Crippen molar-refractivity contribution in [3.63, 3.8) is 0 Å². The molecule has 0 amide bonds. The van der Waals surface area contributed by atoms with Gasteiger partial charge in [-0.1, -0.05) is 12.5 Å². The van der Waals surface area contributed by atoms with Crippen LogP contribution in [0.15, 0.2) is 36.4 Å². The Hall–Kier alpha value is -2.08. The Morgan fingerprint density at radius 2 is 2.18 bits per heavy atom. The van der Waals surface area contributed by atoms with Gasteiger partial charge in [-0.3, -0.25) is 4.98 Å². The first-order valence-electron chi connectivity index (χ1n) is 7.58. The summed E-state index contributed by atoms with van der Waals surface area (Å²) in [6.07, 6.45) is 9.42. The fourth-order valence-corrected chi connectivity index (χ4v) is 4.58. The number of anilines is 1. The molecule has 110 valence electrons. The van der Waals surface area contributed by atoms with Gasteiger partial charge in [-0.2, -0.15) is 0 Å². The third-order valence-corrected chi connectivity index (χ3v) is 5.85. The smallest absolute Gasteiger partial charge is 0.160 e. The van der Waals surface area contributed by atoms with Gasteiger partial charge < -0.3 is 4.90 Å². The first kappa shape index (κ1) is 12.5. The van der Waals surface area contributed by atoms with Gasteiger partial charge in [-0.25, -0.2) is 15.0 Å². The van der Waals surface area contributed by atoms with E-state index in [1.807, 2.05) is 24.0 Å². The lowest BCUT2D eigenvalue weighted by molar-refractivity contribution is 0.0278. The Balaban J connectivity index is 1.61. The Kier molecular flexibility index (Phi) is 2.52. The highest BCUT2D eigenvalue weighted by atomic mass is 32.1. The average molecular weight is 309 g/mol. The minimum atomic E-state index is 0.370. The van der Waals surface area contributed by atoms with Crippen LogP contribution >= 0.6 is 11.3 Å². The van der Waals surface area contributed by atoms with Crippen LogP contribution in [0.1, 0.15) is 30.9 Å². The van der Waals surface area contributed by atoms with Crippen LogP contribution in [0, 0.1) is 5.41 Å². The van der Waals surface area contributed by atoms with Gasteiger partial charge in [0.05, 0.1) is 11.6 Å². The number of hydrogen-bond acceptors (Lipinski definition) is 6. The van der Waals surface area contributed by atoms with Gasteiger partial charge >= 0.3 is 0 Å². The summed E-state index contributed by atoms with van der Waals surface area (Å²) in [4.78, 5) is 21.0. The summed E-state index contributed by atoms with van der Waals surface area (Å²) in [6.45, 7) is 1.07. The van der Waals surface area contributed by atoms with Crippen molar-refractivity contribution in [1.82, 2.24) is 19.9 Å². The molecule has 5 rings (SSSR count). The van der Waals surface area contributed by atoms with Crippen molar-refractivity contribution >= 4 is 27.5 Å². The quantitative estimate of drug-likeness (QED) is 0.727. The summed E-state index contributed by atoms with van der Waals surface area (Å²) < 4.78 is 0. The monoisotopic (exact) mass is 309 g/mol. The van der Waals surface area contributed by atoms with Crippen molar-refractivity contribution in [2.45, 2.75) is 25.3 Å². The summed E-state index contributed by atoms with van der Waals surface area (Å²) in [5, 5.41) is 0. The van der Waals surface area contributed by atoms with Crippen molar-refractivity contribution in [2.75, 3.05) is 11.4 Å². The molecule has 2 aliphatic rings. The van der Waals surface area contributed by atoms with E-state index in [0.717, 1.165) is 22.7 Å². The molecular formula is C16H15N5S. The van der Waals surface area contributed by atoms with Crippen LogP contribution in [0.2, 0.25) is 0 Å². The van der Waals surface area contributed by atoms with Crippen LogP contribution in [0.5, 0.6) is 0 Å². The standard InChI is InChI=1S/C16H15N5S/c1-3-11(7-17-6-1)13-16(4-2-5-16)8-21(13)14-12-15(19-9-18-14)22-10-20-12/h1,3,6-7,9-10,13H,2,4-5,8H2. The summed E-state index contributed by atoms with van der Waals surface area (Å²) in [5.74, 6) is 0.970. The third-order valence-electron chi connectivity index (χ3n) is 5.11. The molecule has 0 N–H and O–H groups in total. The number of fused-ring (bicyclic) bond motifs is 1. The van der Waals surface area contributed by atoms with E-state index < -0.39 is 0 Å². The first-order chi connectivity index (χ1) is 10.9. The molecule has 22 heavy (non-hydrogen) atoms. The Labute approximate surface area is 132 Å². The SMILES string of the molecule is c1cncc(C2N(c3ncnc4scnc34)CC23CCC3)c1. The lowest BCUT2D eigenvalue weighted by Crippen LogP contribution is -2.62. The normalized spacial score (nSPS) is 22.5. The highest BCUT2D eigenvalue weighted by molar-refractivity contribution is 7.16. The molecule has 3 aromatic heterocycles. The number of hydrogen-bond donors (Lipinski definition) is 0. The fraction of sp³-hybridized carbons (Fsp3) is 0.375. The van der Waals surface area contributed by atoms with Crippen LogP contribution in [0.25, 0.3) is 10.3 Å². The van der Waals surface area contributed by atoms with Crippen LogP contribution in [-0.4, -0.2) is 26.5 Å². The maximum absolute atomic E-state index is 4.54. The molecule has 3 aromatic rings. The van der Waals surface area contributed by atoms with Gasteiger partial charge in [0.2, 0.25) is 0 Å². The van der Waals surface area contributed by atoms with Crippen LogP contribution in [0.3, 0.4) is 0 Å².